The van der Waals surface area contributed by atoms with E-state index in [1.807, 2.05) is 48.5 Å². The summed E-state index contributed by atoms with van der Waals surface area (Å²) in [5.74, 6) is -0.474. The van der Waals surface area contributed by atoms with Crippen LogP contribution in [0.2, 0.25) is 5.02 Å². The molecule has 1 unspecified atom stereocenters. The average molecular weight is 375 g/mol. The van der Waals surface area contributed by atoms with Gasteiger partial charge in [0.2, 0.25) is 5.91 Å². The van der Waals surface area contributed by atoms with Gasteiger partial charge in [0, 0.05) is 23.5 Å². The Morgan fingerprint density at radius 3 is 2.60 bits per heavy atom. The van der Waals surface area contributed by atoms with Crippen LogP contribution in [0.15, 0.2) is 53.4 Å². The van der Waals surface area contributed by atoms with E-state index in [1.165, 1.54) is 11.8 Å². The van der Waals surface area contributed by atoms with E-state index in [4.69, 9.17) is 11.6 Å². The van der Waals surface area contributed by atoms with E-state index in [-0.39, 0.29) is 11.8 Å². The fourth-order valence-corrected chi connectivity index (χ4v) is 4.21. The summed E-state index contributed by atoms with van der Waals surface area (Å²) in [6.07, 6.45) is 0.685. The molecule has 1 aliphatic rings. The lowest BCUT2D eigenvalue weighted by atomic mass is 10.1. The number of amides is 2. The highest BCUT2D eigenvalue weighted by Gasteiger charge is 2.48. The maximum absolute atomic E-state index is 12.8. The normalized spacial score (nSPS) is 19.5. The van der Waals surface area contributed by atoms with Crippen molar-refractivity contribution in [1.82, 2.24) is 5.32 Å². The van der Waals surface area contributed by atoms with Crippen LogP contribution in [-0.2, 0) is 16.0 Å². The van der Waals surface area contributed by atoms with Gasteiger partial charge in [0.1, 0.15) is 0 Å². The molecule has 130 valence electrons. The van der Waals surface area contributed by atoms with Gasteiger partial charge >= 0.3 is 0 Å². The summed E-state index contributed by atoms with van der Waals surface area (Å²) in [6, 6.07) is 15.1. The van der Waals surface area contributed by atoms with Crippen molar-refractivity contribution in [2.45, 2.75) is 23.0 Å². The van der Waals surface area contributed by atoms with Crippen molar-refractivity contribution < 1.29 is 9.59 Å². The van der Waals surface area contributed by atoms with E-state index in [0.29, 0.717) is 18.0 Å². The number of fused-ring (bicyclic) bond motifs is 1. The number of nitrogens with one attached hydrogen (secondary N) is 1. The predicted octanol–water partition coefficient (Wildman–Crippen LogP) is 3.53. The van der Waals surface area contributed by atoms with Gasteiger partial charge in [-0.1, -0.05) is 47.6 Å². The van der Waals surface area contributed by atoms with Crippen LogP contribution in [0, 0.1) is 0 Å². The smallest absolute Gasteiger partial charge is 0.252 e. The number of nitrogens with zero attached hydrogens (tertiary/aromatic N) is 1. The summed E-state index contributed by atoms with van der Waals surface area (Å²) in [5, 5.41) is 3.58. The van der Waals surface area contributed by atoms with E-state index < -0.39 is 4.75 Å². The second kappa shape index (κ2) is 7.10. The highest BCUT2D eigenvalue weighted by molar-refractivity contribution is 8.02. The first-order chi connectivity index (χ1) is 11.9. The van der Waals surface area contributed by atoms with Crippen LogP contribution < -0.4 is 10.2 Å². The van der Waals surface area contributed by atoms with Crippen LogP contribution in [0.1, 0.15) is 12.5 Å². The van der Waals surface area contributed by atoms with Crippen LogP contribution >= 0.6 is 23.4 Å². The summed E-state index contributed by atoms with van der Waals surface area (Å²) in [4.78, 5) is 28.0. The fraction of sp³-hybridized carbons (Fsp3) is 0.263. The maximum Gasteiger partial charge on any atom is 0.252 e. The zero-order valence-corrected chi connectivity index (χ0v) is 15.7. The van der Waals surface area contributed by atoms with Gasteiger partial charge in [0.15, 0.2) is 4.75 Å². The third-order valence-electron chi connectivity index (χ3n) is 4.30. The number of benzene rings is 2. The predicted molar refractivity (Wildman–Crippen MR) is 102 cm³/mol. The number of hydrogen-bond donors (Lipinski definition) is 1. The second-order valence-electron chi connectivity index (χ2n) is 6.10. The first-order valence-corrected chi connectivity index (χ1v) is 9.20. The highest BCUT2D eigenvalue weighted by Crippen LogP contribution is 2.44. The molecule has 0 spiro atoms. The molecule has 3 rings (SSSR count). The number of carbonyl (C=O) groups is 2. The highest BCUT2D eigenvalue weighted by atomic mass is 35.5. The number of thioether (sulfide) groups is 1. The van der Waals surface area contributed by atoms with Crippen LogP contribution in [0.3, 0.4) is 0 Å². The average Bonchev–Trinajstić information content (AvgIpc) is 2.61. The summed E-state index contributed by atoms with van der Waals surface area (Å²) < 4.78 is -1.16. The Hall–Kier alpha value is -1.98. The summed E-state index contributed by atoms with van der Waals surface area (Å²) >= 11 is 7.18. The number of para-hydroxylation sites is 1. The summed E-state index contributed by atoms with van der Waals surface area (Å²) in [7, 11) is 1.71. The van der Waals surface area contributed by atoms with Gasteiger partial charge in [-0.05, 0) is 43.2 Å². The van der Waals surface area contributed by atoms with Gasteiger partial charge in [-0.3, -0.25) is 9.59 Å². The molecule has 1 N–H and O–H groups in total. The fourth-order valence-electron chi connectivity index (χ4n) is 2.80. The van der Waals surface area contributed by atoms with Crippen LogP contribution in [0.5, 0.6) is 0 Å². The number of anilines is 1. The van der Waals surface area contributed by atoms with Crippen molar-refractivity contribution in [1.29, 1.82) is 0 Å². The quantitative estimate of drug-likeness (QED) is 0.833. The molecule has 0 bridgehead atoms. The van der Waals surface area contributed by atoms with Gasteiger partial charge in [0.25, 0.3) is 5.91 Å². The lowest BCUT2D eigenvalue weighted by Gasteiger charge is -2.36. The molecule has 0 fully saturated rings. The molecule has 2 aromatic rings. The molecule has 4 nitrogen and oxygen atoms in total. The molecule has 0 saturated heterocycles. The molecule has 25 heavy (non-hydrogen) atoms. The third-order valence-corrected chi connectivity index (χ3v) is 5.88. The Bertz CT molecular complexity index is 809. The zero-order chi connectivity index (χ0) is 18.0. The number of rotatable bonds is 4. The van der Waals surface area contributed by atoms with E-state index in [1.54, 1.807) is 18.9 Å². The lowest BCUT2D eigenvalue weighted by Crippen LogP contribution is -2.55. The van der Waals surface area contributed by atoms with E-state index in [2.05, 4.69) is 5.32 Å². The molecule has 0 aromatic heterocycles. The minimum Gasteiger partial charge on any atom is -0.354 e. The van der Waals surface area contributed by atoms with E-state index in [0.717, 1.165) is 16.1 Å². The topological polar surface area (TPSA) is 49.4 Å². The van der Waals surface area contributed by atoms with Gasteiger partial charge in [-0.15, -0.1) is 0 Å². The second-order valence-corrected chi connectivity index (χ2v) is 8.00. The van der Waals surface area contributed by atoms with Crippen LogP contribution in [-0.4, -0.2) is 30.2 Å². The number of hydrogen-bond acceptors (Lipinski definition) is 3. The molecule has 1 atom stereocenters. The van der Waals surface area contributed by atoms with Crippen LogP contribution in [0.4, 0.5) is 5.69 Å². The third kappa shape index (κ3) is 3.53. The molecule has 2 amide bonds. The number of halogens is 1. The van der Waals surface area contributed by atoms with Crippen molar-refractivity contribution in [3.63, 3.8) is 0 Å². The summed E-state index contributed by atoms with van der Waals surface area (Å²) in [5.41, 5.74) is 1.92. The lowest BCUT2D eigenvalue weighted by molar-refractivity contribution is -0.131. The SMILES string of the molecule is CN1C(=O)C(C)(C(=O)NCCc2ccc(Cl)cc2)Sc2ccccc21. The Kier molecular flexibility index (Phi) is 5.06. The first-order valence-electron chi connectivity index (χ1n) is 8.01. The number of carbonyl (C=O) groups excluding carboxylic acids is 2. The minimum absolute atomic E-state index is 0.208. The molecule has 1 aliphatic heterocycles. The maximum atomic E-state index is 12.8. The van der Waals surface area contributed by atoms with Crippen molar-refractivity contribution in [2.24, 2.45) is 0 Å². The van der Waals surface area contributed by atoms with Crippen LogP contribution in [0.25, 0.3) is 0 Å². The molecule has 0 radical (unpaired) electrons. The van der Waals surface area contributed by atoms with Crippen molar-refractivity contribution in [2.75, 3.05) is 18.5 Å². The molecule has 2 aromatic carbocycles. The zero-order valence-electron chi connectivity index (χ0n) is 14.1. The molecule has 6 heteroatoms. The summed E-state index contributed by atoms with van der Waals surface area (Å²) in [6.45, 7) is 2.15. The van der Waals surface area contributed by atoms with E-state index >= 15 is 0 Å². The molecular weight excluding hydrogens is 356 g/mol. The Labute approximate surface area is 156 Å². The molecule has 1 heterocycles. The van der Waals surface area contributed by atoms with Crippen molar-refractivity contribution >= 4 is 40.9 Å². The molecule has 0 saturated carbocycles. The Morgan fingerprint density at radius 1 is 1.20 bits per heavy atom. The van der Waals surface area contributed by atoms with Gasteiger partial charge in [-0.25, -0.2) is 0 Å². The van der Waals surface area contributed by atoms with Gasteiger partial charge in [-0.2, -0.15) is 0 Å². The Morgan fingerprint density at radius 2 is 1.88 bits per heavy atom. The van der Waals surface area contributed by atoms with E-state index in [9.17, 15) is 9.59 Å². The first kappa shape index (κ1) is 17.8. The monoisotopic (exact) mass is 374 g/mol. The standard InChI is InChI=1S/C19H19ClN2O2S/c1-19(17(23)21-12-11-13-7-9-14(20)10-8-13)18(24)22(2)15-5-3-4-6-16(15)25-19/h3-10H,11-12H2,1-2H3,(H,21,23). The van der Waals surface area contributed by atoms with Gasteiger partial charge in [0.05, 0.1) is 5.69 Å². The van der Waals surface area contributed by atoms with Crippen molar-refractivity contribution in [3.05, 3.63) is 59.1 Å². The molecular formula is C19H19ClN2O2S. The largest absolute Gasteiger partial charge is 0.354 e. The van der Waals surface area contributed by atoms with Crippen molar-refractivity contribution in [3.8, 4) is 0 Å². The Balaban J connectivity index is 1.68. The van der Waals surface area contributed by atoms with Gasteiger partial charge < -0.3 is 10.2 Å². The minimum atomic E-state index is -1.16. The molecule has 0 aliphatic carbocycles.